The largest absolute Gasteiger partial charge is 0.325 e. The van der Waals surface area contributed by atoms with Crippen molar-refractivity contribution in [1.29, 1.82) is 0 Å². The number of nitro benzene ring substituents is 1. The van der Waals surface area contributed by atoms with Crippen molar-refractivity contribution in [3.8, 4) is 0 Å². The number of carbonyl (C=O) groups excluding carboxylic acids is 2. The highest BCUT2D eigenvalue weighted by Crippen LogP contribution is 2.30. The van der Waals surface area contributed by atoms with Crippen molar-refractivity contribution in [2.24, 2.45) is 0 Å². The Hall–Kier alpha value is -3.65. The molecule has 0 aromatic heterocycles. The summed E-state index contributed by atoms with van der Waals surface area (Å²) in [5, 5.41) is 16.4. The molecule has 2 N–H and O–H groups in total. The molecule has 8 heteroatoms. The van der Waals surface area contributed by atoms with Gasteiger partial charge < -0.3 is 10.6 Å². The van der Waals surface area contributed by atoms with Gasteiger partial charge in [-0.15, -0.1) is 11.8 Å². The first-order valence-electron chi connectivity index (χ1n) is 10.5. The highest BCUT2D eigenvalue weighted by atomic mass is 32.2. The summed E-state index contributed by atoms with van der Waals surface area (Å²) in [6, 6.07) is 19.1. The van der Waals surface area contributed by atoms with Crippen molar-refractivity contribution >= 4 is 40.6 Å². The van der Waals surface area contributed by atoms with E-state index in [1.807, 2.05) is 50.2 Å². The number of nitrogens with one attached hydrogen (secondary N) is 2. The first-order chi connectivity index (χ1) is 15.8. The lowest BCUT2D eigenvalue weighted by atomic mass is 10.1. The SMILES string of the molecule is CCC(Sc1cccc(NC(=O)c2cccc(C)c2)c1)C(=O)Nc1cc([N+](=O)[O-])ccc1C. The van der Waals surface area contributed by atoms with Gasteiger partial charge >= 0.3 is 0 Å². The number of hydrogen-bond acceptors (Lipinski definition) is 5. The Labute approximate surface area is 196 Å². The summed E-state index contributed by atoms with van der Waals surface area (Å²) in [5.74, 6) is -0.438. The summed E-state index contributed by atoms with van der Waals surface area (Å²) in [4.78, 5) is 36.8. The molecule has 0 fully saturated rings. The highest BCUT2D eigenvalue weighted by Gasteiger charge is 2.20. The standard InChI is InChI=1S/C25H25N3O4S/c1-4-23(25(30)27-22-15-20(28(31)32)12-11-17(22)3)33-21-10-6-9-19(14-21)26-24(29)18-8-5-7-16(2)13-18/h5-15,23H,4H2,1-3H3,(H,26,29)(H,27,30). The minimum atomic E-state index is -0.488. The molecule has 2 amide bonds. The molecular weight excluding hydrogens is 438 g/mol. The van der Waals surface area contributed by atoms with Crippen LogP contribution in [-0.4, -0.2) is 22.0 Å². The molecule has 3 aromatic rings. The second-order valence-electron chi connectivity index (χ2n) is 7.61. The summed E-state index contributed by atoms with van der Waals surface area (Å²) in [5.41, 5.74) is 3.31. The van der Waals surface area contributed by atoms with E-state index in [2.05, 4.69) is 10.6 Å². The number of aryl methyl sites for hydroxylation is 2. The second-order valence-corrected chi connectivity index (χ2v) is 8.89. The zero-order chi connectivity index (χ0) is 24.0. The molecule has 0 saturated carbocycles. The number of rotatable bonds is 8. The Morgan fingerprint density at radius 3 is 2.45 bits per heavy atom. The zero-order valence-electron chi connectivity index (χ0n) is 18.6. The highest BCUT2D eigenvalue weighted by molar-refractivity contribution is 8.00. The van der Waals surface area contributed by atoms with Crippen LogP contribution in [0.4, 0.5) is 17.1 Å². The van der Waals surface area contributed by atoms with Crippen molar-refractivity contribution in [1.82, 2.24) is 0 Å². The third-order valence-electron chi connectivity index (χ3n) is 5.00. The molecule has 0 saturated heterocycles. The fourth-order valence-corrected chi connectivity index (χ4v) is 4.21. The molecule has 3 rings (SSSR count). The van der Waals surface area contributed by atoms with Crippen LogP contribution < -0.4 is 10.6 Å². The van der Waals surface area contributed by atoms with Gasteiger partial charge in [-0.1, -0.05) is 36.8 Å². The van der Waals surface area contributed by atoms with E-state index in [1.54, 1.807) is 25.1 Å². The maximum atomic E-state index is 12.9. The third-order valence-corrected chi connectivity index (χ3v) is 6.36. The quantitative estimate of drug-likeness (QED) is 0.243. The molecule has 7 nitrogen and oxygen atoms in total. The summed E-state index contributed by atoms with van der Waals surface area (Å²) in [6.07, 6.45) is 0.560. The molecule has 0 spiro atoms. The maximum absolute atomic E-state index is 12.9. The Balaban J connectivity index is 1.70. The van der Waals surface area contributed by atoms with Gasteiger partial charge in [-0.25, -0.2) is 0 Å². The molecule has 0 heterocycles. The van der Waals surface area contributed by atoms with Crippen molar-refractivity contribution in [2.45, 2.75) is 37.3 Å². The average molecular weight is 464 g/mol. The number of nitro groups is 1. The average Bonchev–Trinajstić information content (AvgIpc) is 2.79. The third kappa shape index (κ3) is 6.43. The van der Waals surface area contributed by atoms with Crippen molar-refractivity contribution in [3.63, 3.8) is 0 Å². The smallest absolute Gasteiger partial charge is 0.271 e. The van der Waals surface area contributed by atoms with E-state index in [0.717, 1.165) is 16.0 Å². The van der Waals surface area contributed by atoms with E-state index in [0.29, 0.717) is 23.4 Å². The van der Waals surface area contributed by atoms with Crippen LogP contribution in [0.15, 0.2) is 71.6 Å². The molecule has 3 aromatic carbocycles. The molecule has 0 aliphatic rings. The van der Waals surface area contributed by atoms with Gasteiger partial charge in [-0.2, -0.15) is 0 Å². The number of nitrogens with zero attached hydrogens (tertiary/aromatic N) is 1. The maximum Gasteiger partial charge on any atom is 0.271 e. The number of non-ortho nitro benzene ring substituents is 1. The number of anilines is 2. The van der Waals surface area contributed by atoms with Gasteiger partial charge in [0.25, 0.3) is 11.6 Å². The van der Waals surface area contributed by atoms with Crippen LogP contribution in [0, 0.1) is 24.0 Å². The monoisotopic (exact) mass is 463 g/mol. The number of carbonyl (C=O) groups is 2. The number of hydrogen-bond donors (Lipinski definition) is 2. The topological polar surface area (TPSA) is 101 Å². The van der Waals surface area contributed by atoms with Gasteiger partial charge in [0.2, 0.25) is 5.91 Å². The first-order valence-corrected chi connectivity index (χ1v) is 11.4. The van der Waals surface area contributed by atoms with Crippen LogP contribution in [0.3, 0.4) is 0 Å². The lowest BCUT2D eigenvalue weighted by molar-refractivity contribution is -0.384. The molecule has 0 radical (unpaired) electrons. The zero-order valence-corrected chi connectivity index (χ0v) is 19.4. The Morgan fingerprint density at radius 2 is 1.76 bits per heavy atom. The van der Waals surface area contributed by atoms with Gasteiger partial charge in [-0.05, 0) is 56.2 Å². The summed E-state index contributed by atoms with van der Waals surface area (Å²) in [6.45, 7) is 5.62. The molecule has 170 valence electrons. The van der Waals surface area contributed by atoms with Crippen LogP contribution in [0.5, 0.6) is 0 Å². The van der Waals surface area contributed by atoms with Crippen LogP contribution in [-0.2, 0) is 4.79 Å². The van der Waals surface area contributed by atoms with Crippen LogP contribution in [0.25, 0.3) is 0 Å². The predicted molar refractivity (Wildman–Crippen MR) is 132 cm³/mol. The molecule has 0 aliphatic carbocycles. The van der Waals surface area contributed by atoms with Crippen LogP contribution in [0.2, 0.25) is 0 Å². The lowest BCUT2D eigenvalue weighted by Gasteiger charge is -2.16. The van der Waals surface area contributed by atoms with E-state index in [1.165, 1.54) is 23.9 Å². The molecule has 0 bridgehead atoms. The van der Waals surface area contributed by atoms with Gasteiger partial charge in [0.15, 0.2) is 0 Å². The fourth-order valence-electron chi connectivity index (χ4n) is 3.19. The normalized spacial score (nSPS) is 11.5. The fraction of sp³-hybridized carbons (Fsp3) is 0.200. The summed E-state index contributed by atoms with van der Waals surface area (Å²) >= 11 is 1.37. The molecular formula is C25H25N3O4S. The van der Waals surface area contributed by atoms with E-state index >= 15 is 0 Å². The van der Waals surface area contributed by atoms with Gasteiger partial charge in [0, 0.05) is 28.3 Å². The van der Waals surface area contributed by atoms with Gasteiger partial charge in [-0.3, -0.25) is 19.7 Å². The van der Waals surface area contributed by atoms with E-state index in [4.69, 9.17) is 0 Å². The van der Waals surface area contributed by atoms with Gasteiger partial charge in [0.05, 0.1) is 15.9 Å². The first kappa shape index (κ1) is 24.0. The minimum Gasteiger partial charge on any atom is -0.325 e. The van der Waals surface area contributed by atoms with Crippen molar-refractivity contribution in [2.75, 3.05) is 10.6 Å². The number of amides is 2. The Morgan fingerprint density at radius 1 is 1.00 bits per heavy atom. The van der Waals surface area contributed by atoms with E-state index < -0.39 is 10.2 Å². The lowest BCUT2D eigenvalue weighted by Crippen LogP contribution is -2.25. The molecule has 0 aliphatic heterocycles. The number of thioether (sulfide) groups is 1. The molecule has 33 heavy (non-hydrogen) atoms. The van der Waals surface area contributed by atoms with Crippen molar-refractivity contribution in [3.05, 3.63) is 93.5 Å². The van der Waals surface area contributed by atoms with Gasteiger partial charge in [0.1, 0.15) is 0 Å². The van der Waals surface area contributed by atoms with Crippen LogP contribution >= 0.6 is 11.8 Å². The van der Waals surface area contributed by atoms with Crippen molar-refractivity contribution < 1.29 is 14.5 Å². The second kappa shape index (κ2) is 10.8. The Kier molecular flexibility index (Phi) is 7.84. The van der Waals surface area contributed by atoms with E-state index in [-0.39, 0.29) is 17.5 Å². The Bertz CT molecular complexity index is 1200. The molecule has 1 atom stereocenters. The predicted octanol–water partition coefficient (Wildman–Crippen LogP) is 5.97. The number of benzene rings is 3. The summed E-state index contributed by atoms with van der Waals surface area (Å²) in [7, 11) is 0. The molecule has 1 unspecified atom stereocenters. The van der Waals surface area contributed by atoms with Crippen LogP contribution in [0.1, 0.15) is 34.8 Å². The van der Waals surface area contributed by atoms with E-state index in [9.17, 15) is 19.7 Å². The summed E-state index contributed by atoms with van der Waals surface area (Å²) < 4.78 is 0. The minimum absolute atomic E-state index is 0.0753.